The first kappa shape index (κ1) is 22.6. The lowest BCUT2D eigenvalue weighted by molar-refractivity contribution is -0.240. The van der Waals surface area contributed by atoms with E-state index < -0.39 is 41.2 Å². The summed E-state index contributed by atoms with van der Waals surface area (Å²) in [5.41, 5.74) is 1.78. The van der Waals surface area contributed by atoms with Crippen molar-refractivity contribution in [3.63, 3.8) is 0 Å². The molecule has 4 rings (SSSR count). The van der Waals surface area contributed by atoms with E-state index in [1.165, 1.54) is 49.9 Å². The Kier molecular flexibility index (Phi) is 5.94. The maximum absolute atomic E-state index is 15.1. The van der Waals surface area contributed by atoms with E-state index in [1.807, 2.05) is 6.26 Å². The Morgan fingerprint density at radius 2 is 1.81 bits per heavy atom. The number of hydrogen-bond acceptors (Lipinski definition) is 5. The number of aromatic nitrogens is 1. The Morgan fingerprint density at radius 1 is 1.12 bits per heavy atom. The molecule has 1 aliphatic rings. The van der Waals surface area contributed by atoms with Crippen LogP contribution in [0.2, 0.25) is 5.02 Å². The monoisotopic (exact) mass is 479 g/mol. The van der Waals surface area contributed by atoms with Gasteiger partial charge in [-0.1, -0.05) is 17.7 Å². The number of carbonyl (C=O) groups is 2. The number of hydrogen-bond donors (Lipinski definition) is 1. The molecule has 0 aliphatic carbocycles. The fraction of sp³-hybridized carbons (Fsp3) is 0.304. The van der Waals surface area contributed by atoms with E-state index in [4.69, 9.17) is 21.1 Å². The number of fused-ring (bicyclic) bond motifs is 1. The largest absolute Gasteiger partial charge is 0.422 e. The number of cyclic esters (lactones) is 2. The molecule has 0 radical (unpaired) electrons. The van der Waals surface area contributed by atoms with Gasteiger partial charge in [-0.15, -0.1) is 0 Å². The van der Waals surface area contributed by atoms with Crippen LogP contribution < -0.4 is 0 Å². The Bertz CT molecular complexity index is 1210. The first-order valence-electron chi connectivity index (χ1n) is 9.80. The smallest absolute Gasteiger partial charge is 0.324 e. The second-order valence-corrected chi connectivity index (χ2v) is 9.33. The van der Waals surface area contributed by atoms with Crippen LogP contribution in [-0.4, -0.2) is 29.0 Å². The van der Waals surface area contributed by atoms with Gasteiger partial charge < -0.3 is 14.5 Å². The van der Waals surface area contributed by atoms with Crippen LogP contribution in [0, 0.1) is 17.6 Å². The Morgan fingerprint density at radius 3 is 2.44 bits per heavy atom. The van der Waals surface area contributed by atoms with E-state index in [9.17, 15) is 14.0 Å². The number of H-pyrrole nitrogens is 1. The average molecular weight is 480 g/mol. The number of halogens is 3. The summed E-state index contributed by atoms with van der Waals surface area (Å²) in [6, 6.07) is 6.69. The SMILES string of the molecule is CSCc1cc(F)cc2c(C(c3ccc(Cl)cc3F)C3C(=O)OC(C)(C)OC3=O)c[nH]c12. The number of esters is 2. The van der Waals surface area contributed by atoms with E-state index in [1.54, 1.807) is 6.20 Å². The van der Waals surface area contributed by atoms with E-state index in [0.717, 1.165) is 6.07 Å². The van der Waals surface area contributed by atoms with Crippen molar-refractivity contribution >= 4 is 46.2 Å². The predicted molar refractivity (Wildman–Crippen MR) is 118 cm³/mol. The van der Waals surface area contributed by atoms with Crippen molar-refractivity contribution in [2.45, 2.75) is 31.3 Å². The van der Waals surface area contributed by atoms with Gasteiger partial charge in [0.25, 0.3) is 5.79 Å². The quantitative estimate of drug-likeness (QED) is 0.384. The molecule has 1 fully saturated rings. The molecule has 1 aromatic heterocycles. The summed E-state index contributed by atoms with van der Waals surface area (Å²) in [6.07, 6.45) is 3.45. The number of thioether (sulfide) groups is 1. The molecule has 3 aromatic rings. The molecule has 1 N–H and O–H groups in total. The molecular formula is C23H20ClF2NO4S. The van der Waals surface area contributed by atoms with Crippen molar-refractivity contribution in [3.8, 4) is 0 Å². The number of aromatic amines is 1. The summed E-state index contributed by atoms with van der Waals surface area (Å²) in [7, 11) is 0. The van der Waals surface area contributed by atoms with Gasteiger partial charge in [-0.25, -0.2) is 8.78 Å². The number of carbonyl (C=O) groups excluding carboxylic acids is 2. The van der Waals surface area contributed by atoms with Crippen LogP contribution >= 0.6 is 23.4 Å². The summed E-state index contributed by atoms with van der Waals surface area (Å²) >= 11 is 7.43. The van der Waals surface area contributed by atoms with Gasteiger partial charge >= 0.3 is 11.9 Å². The van der Waals surface area contributed by atoms with Crippen LogP contribution in [0.1, 0.15) is 36.5 Å². The molecule has 1 unspecified atom stereocenters. The van der Waals surface area contributed by atoms with Gasteiger partial charge in [0.2, 0.25) is 0 Å². The van der Waals surface area contributed by atoms with Gasteiger partial charge in [-0.05, 0) is 47.2 Å². The maximum Gasteiger partial charge on any atom is 0.324 e. The zero-order chi connectivity index (χ0) is 23.2. The third-order valence-corrected chi connectivity index (χ3v) is 6.17. The lowest BCUT2D eigenvalue weighted by Gasteiger charge is -2.36. The Hall–Kier alpha value is -2.58. The number of rotatable bonds is 5. The number of benzene rings is 2. The topological polar surface area (TPSA) is 68.4 Å². The van der Waals surface area contributed by atoms with Crippen LogP contribution in [0.4, 0.5) is 8.78 Å². The molecule has 5 nitrogen and oxygen atoms in total. The Balaban J connectivity index is 1.95. The molecular weight excluding hydrogens is 460 g/mol. The van der Waals surface area contributed by atoms with Crippen LogP contribution in [0.15, 0.2) is 36.5 Å². The van der Waals surface area contributed by atoms with E-state index >= 15 is 4.39 Å². The van der Waals surface area contributed by atoms with Gasteiger partial charge in [0.1, 0.15) is 11.6 Å². The average Bonchev–Trinajstić information content (AvgIpc) is 3.08. The molecule has 0 amide bonds. The van der Waals surface area contributed by atoms with Crippen molar-refractivity contribution in [3.05, 3.63) is 69.9 Å². The zero-order valence-electron chi connectivity index (χ0n) is 17.5. The minimum absolute atomic E-state index is 0.0459. The fourth-order valence-electron chi connectivity index (χ4n) is 4.10. The first-order valence-corrected chi connectivity index (χ1v) is 11.6. The minimum Gasteiger partial charge on any atom is -0.422 e. The molecule has 1 atom stereocenters. The Labute approximate surface area is 192 Å². The molecule has 0 bridgehead atoms. The van der Waals surface area contributed by atoms with E-state index in [0.29, 0.717) is 27.8 Å². The third-order valence-electron chi connectivity index (χ3n) is 5.33. The normalized spacial score (nSPS) is 17.3. The van der Waals surface area contributed by atoms with Crippen molar-refractivity contribution < 1.29 is 27.8 Å². The molecule has 2 aromatic carbocycles. The van der Waals surface area contributed by atoms with Crippen LogP contribution in [0.25, 0.3) is 10.9 Å². The van der Waals surface area contributed by atoms with Crippen molar-refractivity contribution in [1.82, 2.24) is 4.98 Å². The van der Waals surface area contributed by atoms with Crippen LogP contribution in [0.5, 0.6) is 0 Å². The third kappa shape index (κ3) is 4.09. The highest BCUT2D eigenvalue weighted by molar-refractivity contribution is 7.97. The van der Waals surface area contributed by atoms with Crippen LogP contribution in [-0.2, 0) is 24.8 Å². The zero-order valence-corrected chi connectivity index (χ0v) is 19.1. The molecule has 9 heteroatoms. The van der Waals surface area contributed by atoms with Crippen molar-refractivity contribution in [2.75, 3.05) is 6.26 Å². The molecule has 2 heterocycles. The molecule has 1 saturated heterocycles. The van der Waals surface area contributed by atoms with Crippen molar-refractivity contribution in [2.24, 2.45) is 5.92 Å². The molecule has 1 aliphatic heterocycles. The highest BCUT2D eigenvalue weighted by Gasteiger charge is 2.49. The van der Waals surface area contributed by atoms with Crippen molar-refractivity contribution in [1.29, 1.82) is 0 Å². The number of ether oxygens (including phenoxy) is 2. The summed E-state index contributed by atoms with van der Waals surface area (Å²) in [5.74, 6) is -6.38. The molecule has 0 spiro atoms. The highest BCUT2D eigenvalue weighted by atomic mass is 35.5. The van der Waals surface area contributed by atoms with Gasteiger partial charge in [0.05, 0.1) is 0 Å². The summed E-state index contributed by atoms with van der Waals surface area (Å²) in [5, 5.41) is 0.603. The summed E-state index contributed by atoms with van der Waals surface area (Å²) in [6.45, 7) is 2.87. The van der Waals surface area contributed by atoms with E-state index in [2.05, 4.69) is 4.98 Å². The predicted octanol–water partition coefficient (Wildman–Crippen LogP) is 5.55. The van der Waals surface area contributed by atoms with Gasteiger partial charge in [-0.2, -0.15) is 11.8 Å². The lowest BCUT2D eigenvalue weighted by atomic mass is 9.79. The summed E-state index contributed by atoms with van der Waals surface area (Å²) in [4.78, 5) is 28.9. The lowest BCUT2D eigenvalue weighted by Crippen LogP contribution is -2.48. The number of nitrogens with one attached hydrogen (secondary N) is 1. The second-order valence-electron chi connectivity index (χ2n) is 8.03. The first-order chi connectivity index (χ1) is 15.1. The highest BCUT2D eigenvalue weighted by Crippen LogP contribution is 2.42. The van der Waals surface area contributed by atoms with Gasteiger partial charge in [0, 0.05) is 47.6 Å². The minimum atomic E-state index is -1.48. The maximum atomic E-state index is 15.1. The standard InChI is InChI=1S/C23H20ClF2NO4S/c1-23(2)30-21(28)19(22(29)31-23)18(14-5-4-12(24)7-17(14)26)16-9-27-20-11(10-32-3)6-13(25)8-15(16)20/h4-9,18-19,27H,10H2,1-3H3. The fourth-order valence-corrected chi connectivity index (χ4v) is 4.79. The van der Waals surface area contributed by atoms with Gasteiger partial charge in [-0.3, -0.25) is 9.59 Å². The van der Waals surface area contributed by atoms with Gasteiger partial charge in [0.15, 0.2) is 5.92 Å². The molecule has 0 saturated carbocycles. The molecule has 32 heavy (non-hydrogen) atoms. The molecule has 168 valence electrons. The summed E-state index contributed by atoms with van der Waals surface area (Å²) < 4.78 is 40.1. The van der Waals surface area contributed by atoms with Crippen LogP contribution in [0.3, 0.4) is 0 Å². The van der Waals surface area contributed by atoms with E-state index in [-0.39, 0.29) is 10.6 Å². The second kappa shape index (κ2) is 8.41.